The van der Waals surface area contributed by atoms with Gasteiger partial charge in [-0.15, -0.1) is 0 Å². The molecule has 1 aromatic rings. The lowest BCUT2D eigenvalue weighted by molar-refractivity contribution is 0.0697. The molecule has 0 saturated carbocycles. The first-order valence-corrected chi connectivity index (χ1v) is 7.03. The molecule has 0 aliphatic heterocycles. The molecule has 5 nitrogen and oxygen atoms in total. The second-order valence-electron chi connectivity index (χ2n) is 4.14. The fourth-order valence-electron chi connectivity index (χ4n) is 1.81. The summed E-state index contributed by atoms with van der Waals surface area (Å²) in [6.45, 7) is 9.77. The molecule has 6 heteroatoms. The number of aryl methyl sites for hydroxylation is 1. The summed E-state index contributed by atoms with van der Waals surface area (Å²) in [5.74, 6) is -0.912. The molecule has 1 heterocycles. The molecule has 1 aromatic heterocycles. The number of anilines is 1. The second-order valence-corrected chi connectivity index (χ2v) is 4.91. The number of hydrogen-bond acceptors (Lipinski definition) is 5. The van der Waals surface area contributed by atoms with Gasteiger partial charge in [0.25, 0.3) is 0 Å². The molecule has 0 atom stereocenters. The van der Waals surface area contributed by atoms with Crippen LogP contribution in [0.3, 0.4) is 0 Å². The van der Waals surface area contributed by atoms with E-state index >= 15 is 0 Å². The first-order chi connectivity index (χ1) is 8.60. The number of nitrogens with zero attached hydrogens (tertiary/aromatic N) is 2. The number of aromatic carboxylic acids is 1. The van der Waals surface area contributed by atoms with E-state index in [0.29, 0.717) is 16.3 Å². The number of carboxylic acids is 1. The van der Waals surface area contributed by atoms with Crippen molar-refractivity contribution in [2.24, 2.45) is 0 Å². The SMILES string of the molecule is CCCN(CC)CCNc1snc(C)c1C(=O)O. The van der Waals surface area contributed by atoms with Gasteiger partial charge in [-0.1, -0.05) is 13.8 Å². The van der Waals surface area contributed by atoms with Crippen LogP contribution in [0.4, 0.5) is 5.00 Å². The Balaban J connectivity index is 2.51. The summed E-state index contributed by atoms with van der Waals surface area (Å²) < 4.78 is 4.08. The zero-order valence-electron chi connectivity index (χ0n) is 11.2. The Morgan fingerprint density at radius 1 is 1.44 bits per heavy atom. The van der Waals surface area contributed by atoms with Crippen LogP contribution >= 0.6 is 11.5 Å². The van der Waals surface area contributed by atoms with Gasteiger partial charge in [0, 0.05) is 13.1 Å². The van der Waals surface area contributed by atoms with Crippen molar-refractivity contribution in [3.63, 3.8) is 0 Å². The van der Waals surface area contributed by atoms with Crippen molar-refractivity contribution in [1.29, 1.82) is 0 Å². The molecule has 1 rings (SSSR count). The summed E-state index contributed by atoms with van der Waals surface area (Å²) in [7, 11) is 0. The zero-order valence-corrected chi connectivity index (χ0v) is 12.0. The zero-order chi connectivity index (χ0) is 13.5. The van der Waals surface area contributed by atoms with Crippen LogP contribution in [0.25, 0.3) is 0 Å². The predicted molar refractivity (Wildman–Crippen MR) is 74.7 cm³/mol. The number of carboxylic acid groups (broad SMARTS) is 1. The summed E-state index contributed by atoms with van der Waals surface area (Å²) >= 11 is 1.22. The standard InChI is InChI=1S/C12H21N3O2S/c1-4-7-15(5-2)8-6-13-11-10(12(16)17)9(3)14-18-11/h13H,4-8H2,1-3H3,(H,16,17). The molecule has 0 bridgehead atoms. The Morgan fingerprint density at radius 2 is 2.17 bits per heavy atom. The van der Waals surface area contributed by atoms with Gasteiger partial charge in [0.1, 0.15) is 10.6 Å². The predicted octanol–water partition coefficient (Wildman–Crippen LogP) is 2.29. The van der Waals surface area contributed by atoms with Crippen LogP contribution in [-0.2, 0) is 0 Å². The Labute approximate surface area is 112 Å². The van der Waals surface area contributed by atoms with Crippen molar-refractivity contribution in [3.8, 4) is 0 Å². The molecule has 0 aromatic carbocycles. The Morgan fingerprint density at radius 3 is 2.72 bits per heavy atom. The molecule has 0 unspecified atom stereocenters. The topological polar surface area (TPSA) is 65.5 Å². The minimum Gasteiger partial charge on any atom is -0.478 e. The number of likely N-dealkylation sites (N-methyl/N-ethyl adjacent to an activating group) is 1. The largest absolute Gasteiger partial charge is 0.478 e. The second kappa shape index (κ2) is 7.33. The summed E-state index contributed by atoms with van der Waals surface area (Å²) in [5.41, 5.74) is 0.884. The first-order valence-electron chi connectivity index (χ1n) is 6.25. The fraction of sp³-hybridized carbons (Fsp3) is 0.667. The van der Waals surface area contributed by atoms with Crippen LogP contribution in [0.1, 0.15) is 36.3 Å². The Kier molecular flexibility index (Phi) is 6.07. The summed E-state index contributed by atoms with van der Waals surface area (Å²) in [5, 5.41) is 12.9. The lowest BCUT2D eigenvalue weighted by Gasteiger charge is -2.19. The first kappa shape index (κ1) is 14.9. The average molecular weight is 271 g/mol. The molecule has 18 heavy (non-hydrogen) atoms. The fourth-order valence-corrected chi connectivity index (χ4v) is 2.63. The highest BCUT2D eigenvalue weighted by molar-refractivity contribution is 7.10. The molecule has 0 saturated heterocycles. The van der Waals surface area contributed by atoms with Crippen molar-refractivity contribution in [3.05, 3.63) is 11.3 Å². The van der Waals surface area contributed by atoms with Crippen molar-refractivity contribution in [1.82, 2.24) is 9.27 Å². The van der Waals surface area contributed by atoms with E-state index in [2.05, 4.69) is 28.4 Å². The van der Waals surface area contributed by atoms with Crippen LogP contribution in [0.15, 0.2) is 0 Å². The molecule has 2 N–H and O–H groups in total. The van der Waals surface area contributed by atoms with E-state index in [1.54, 1.807) is 6.92 Å². The Hall–Kier alpha value is -1.14. The maximum atomic E-state index is 11.1. The molecule has 0 radical (unpaired) electrons. The summed E-state index contributed by atoms with van der Waals surface area (Å²) in [6, 6.07) is 0. The van der Waals surface area contributed by atoms with E-state index in [9.17, 15) is 4.79 Å². The number of hydrogen-bond donors (Lipinski definition) is 2. The number of rotatable bonds is 8. The van der Waals surface area contributed by atoms with Gasteiger partial charge in [0.15, 0.2) is 0 Å². The van der Waals surface area contributed by atoms with Gasteiger partial charge in [-0.3, -0.25) is 0 Å². The van der Waals surface area contributed by atoms with Crippen molar-refractivity contribution in [2.75, 3.05) is 31.5 Å². The van der Waals surface area contributed by atoms with Crippen LogP contribution in [0, 0.1) is 6.92 Å². The van der Waals surface area contributed by atoms with Crippen molar-refractivity contribution < 1.29 is 9.90 Å². The van der Waals surface area contributed by atoms with Gasteiger partial charge in [-0.05, 0) is 38.0 Å². The average Bonchev–Trinajstić information content (AvgIpc) is 2.69. The van der Waals surface area contributed by atoms with Gasteiger partial charge >= 0.3 is 5.97 Å². The minimum atomic E-state index is -0.912. The number of aromatic nitrogens is 1. The van der Waals surface area contributed by atoms with Crippen LogP contribution in [0.5, 0.6) is 0 Å². The molecule has 0 amide bonds. The van der Waals surface area contributed by atoms with Gasteiger partial charge in [0.2, 0.25) is 0 Å². The summed E-state index contributed by atoms with van der Waals surface area (Å²) in [6.07, 6.45) is 1.13. The van der Waals surface area contributed by atoms with Crippen LogP contribution in [-0.4, -0.2) is 46.5 Å². The monoisotopic (exact) mass is 271 g/mol. The quantitative estimate of drug-likeness (QED) is 0.759. The van der Waals surface area contributed by atoms with Crippen LogP contribution in [0.2, 0.25) is 0 Å². The molecule has 102 valence electrons. The maximum Gasteiger partial charge on any atom is 0.340 e. The molecular formula is C12H21N3O2S. The van der Waals surface area contributed by atoms with E-state index in [-0.39, 0.29) is 0 Å². The van der Waals surface area contributed by atoms with Gasteiger partial charge < -0.3 is 15.3 Å². The van der Waals surface area contributed by atoms with E-state index < -0.39 is 5.97 Å². The minimum absolute atomic E-state index is 0.304. The highest BCUT2D eigenvalue weighted by atomic mass is 32.1. The maximum absolute atomic E-state index is 11.1. The molecule has 0 aliphatic rings. The van der Waals surface area contributed by atoms with Crippen LogP contribution < -0.4 is 5.32 Å². The normalized spacial score (nSPS) is 10.9. The highest BCUT2D eigenvalue weighted by Crippen LogP contribution is 2.23. The van der Waals surface area contributed by atoms with Crippen molar-refractivity contribution >= 4 is 22.5 Å². The lowest BCUT2D eigenvalue weighted by atomic mass is 10.2. The van der Waals surface area contributed by atoms with E-state index in [1.807, 2.05) is 0 Å². The molecule has 0 spiro atoms. The third-order valence-corrected chi connectivity index (χ3v) is 3.67. The molecule has 0 fully saturated rings. The van der Waals surface area contributed by atoms with E-state index in [0.717, 1.165) is 32.6 Å². The van der Waals surface area contributed by atoms with Crippen molar-refractivity contribution in [2.45, 2.75) is 27.2 Å². The third kappa shape index (κ3) is 3.96. The van der Waals surface area contributed by atoms with Gasteiger partial charge in [0.05, 0.1) is 5.69 Å². The number of carbonyl (C=O) groups is 1. The highest BCUT2D eigenvalue weighted by Gasteiger charge is 2.17. The lowest BCUT2D eigenvalue weighted by Crippen LogP contribution is -2.29. The third-order valence-electron chi connectivity index (χ3n) is 2.78. The van der Waals surface area contributed by atoms with E-state index in [1.165, 1.54) is 11.5 Å². The summed E-state index contributed by atoms with van der Waals surface area (Å²) in [4.78, 5) is 13.4. The smallest absolute Gasteiger partial charge is 0.340 e. The Bertz CT molecular complexity index is 393. The van der Waals surface area contributed by atoms with E-state index in [4.69, 9.17) is 5.11 Å². The molecule has 0 aliphatic carbocycles. The number of nitrogens with one attached hydrogen (secondary N) is 1. The van der Waals surface area contributed by atoms with Gasteiger partial charge in [-0.2, -0.15) is 4.37 Å². The molecular weight excluding hydrogens is 250 g/mol. The van der Waals surface area contributed by atoms with Gasteiger partial charge in [-0.25, -0.2) is 4.79 Å².